The molecule has 0 spiro atoms. The second-order valence-electron chi connectivity index (χ2n) is 5.57. The lowest BCUT2D eigenvalue weighted by molar-refractivity contribution is 0.0935. The van der Waals surface area contributed by atoms with Gasteiger partial charge in [-0.25, -0.2) is 4.39 Å². The number of para-hydroxylation sites is 1. The van der Waals surface area contributed by atoms with Gasteiger partial charge in [-0.15, -0.1) is 0 Å². The molecule has 3 rings (SSSR count). The zero-order chi connectivity index (χ0) is 16.1. The van der Waals surface area contributed by atoms with Gasteiger partial charge in [-0.3, -0.25) is 4.79 Å². The van der Waals surface area contributed by atoms with Crippen molar-refractivity contribution in [2.45, 2.75) is 19.1 Å². The standard InChI is InChI=1S/C18H19FN2O2/c19-14-7-5-13(6-8-14)12-23-17-4-2-1-3-16(17)18(22)21-15-9-10-20-11-15/h1-8,15,20H,9-12H2,(H,21,22). The average Bonchev–Trinajstić information content (AvgIpc) is 3.07. The molecule has 1 atom stereocenters. The van der Waals surface area contributed by atoms with E-state index in [1.807, 2.05) is 12.1 Å². The van der Waals surface area contributed by atoms with Gasteiger partial charge in [0.1, 0.15) is 18.2 Å². The van der Waals surface area contributed by atoms with Crippen molar-refractivity contribution in [3.63, 3.8) is 0 Å². The third-order valence-corrected chi connectivity index (χ3v) is 3.83. The Balaban J connectivity index is 1.67. The highest BCUT2D eigenvalue weighted by molar-refractivity contribution is 5.97. The number of ether oxygens (including phenoxy) is 1. The Morgan fingerprint density at radius 2 is 2.00 bits per heavy atom. The highest BCUT2D eigenvalue weighted by atomic mass is 19.1. The molecule has 1 heterocycles. The molecule has 0 aromatic heterocycles. The smallest absolute Gasteiger partial charge is 0.255 e. The van der Waals surface area contributed by atoms with E-state index in [1.165, 1.54) is 12.1 Å². The van der Waals surface area contributed by atoms with Crippen LogP contribution in [0.1, 0.15) is 22.3 Å². The maximum absolute atomic E-state index is 12.9. The molecule has 1 amide bonds. The molecule has 1 fully saturated rings. The topological polar surface area (TPSA) is 50.4 Å². The van der Waals surface area contributed by atoms with Crippen LogP contribution < -0.4 is 15.4 Å². The minimum absolute atomic E-state index is 0.131. The minimum Gasteiger partial charge on any atom is -0.488 e. The van der Waals surface area contributed by atoms with Gasteiger partial charge in [0.05, 0.1) is 5.56 Å². The summed E-state index contributed by atoms with van der Waals surface area (Å²) < 4.78 is 18.7. The third kappa shape index (κ3) is 4.07. The number of carbonyl (C=O) groups is 1. The van der Waals surface area contributed by atoms with Gasteiger partial charge in [-0.2, -0.15) is 0 Å². The van der Waals surface area contributed by atoms with Crippen molar-refractivity contribution in [2.24, 2.45) is 0 Å². The van der Waals surface area contributed by atoms with Crippen molar-refractivity contribution in [2.75, 3.05) is 13.1 Å². The Hall–Kier alpha value is -2.40. The monoisotopic (exact) mass is 314 g/mol. The molecule has 2 aromatic rings. The first kappa shape index (κ1) is 15.5. The first-order valence-corrected chi connectivity index (χ1v) is 7.70. The number of amides is 1. The number of nitrogens with one attached hydrogen (secondary N) is 2. The van der Waals surface area contributed by atoms with Crippen molar-refractivity contribution >= 4 is 5.91 Å². The van der Waals surface area contributed by atoms with Crippen LogP contribution in [0, 0.1) is 5.82 Å². The van der Waals surface area contributed by atoms with E-state index in [1.54, 1.807) is 24.3 Å². The molecule has 120 valence electrons. The SMILES string of the molecule is O=C(NC1CCNC1)c1ccccc1OCc1ccc(F)cc1. The maximum atomic E-state index is 12.9. The Morgan fingerprint density at radius 1 is 1.22 bits per heavy atom. The van der Waals surface area contributed by atoms with Crippen molar-refractivity contribution in [1.82, 2.24) is 10.6 Å². The fourth-order valence-electron chi connectivity index (χ4n) is 2.56. The Morgan fingerprint density at radius 3 is 2.74 bits per heavy atom. The van der Waals surface area contributed by atoms with Crippen LogP contribution in [0.3, 0.4) is 0 Å². The van der Waals surface area contributed by atoms with Gasteiger partial charge >= 0.3 is 0 Å². The van der Waals surface area contributed by atoms with E-state index in [0.717, 1.165) is 25.1 Å². The Labute approximate surface area is 134 Å². The first-order chi connectivity index (χ1) is 11.2. The Bertz CT molecular complexity index is 667. The molecular formula is C18H19FN2O2. The summed E-state index contributed by atoms with van der Waals surface area (Å²) in [6.07, 6.45) is 0.935. The van der Waals surface area contributed by atoms with Crippen LogP contribution in [0.25, 0.3) is 0 Å². The largest absolute Gasteiger partial charge is 0.488 e. The minimum atomic E-state index is -0.279. The number of benzene rings is 2. The summed E-state index contributed by atoms with van der Waals surface area (Å²) in [5.41, 5.74) is 1.36. The van der Waals surface area contributed by atoms with E-state index in [-0.39, 0.29) is 24.4 Å². The molecule has 23 heavy (non-hydrogen) atoms. The quantitative estimate of drug-likeness (QED) is 0.891. The number of carbonyl (C=O) groups excluding carboxylic acids is 1. The molecule has 0 saturated carbocycles. The number of hydrogen-bond donors (Lipinski definition) is 2. The lowest BCUT2D eigenvalue weighted by Gasteiger charge is -2.14. The van der Waals surface area contributed by atoms with E-state index < -0.39 is 0 Å². The summed E-state index contributed by atoms with van der Waals surface area (Å²) in [5.74, 6) is 0.118. The lowest BCUT2D eigenvalue weighted by Crippen LogP contribution is -2.36. The van der Waals surface area contributed by atoms with Crippen molar-refractivity contribution in [3.8, 4) is 5.75 Å². The molecule has 0 bridgehead atoms. The van der Waals surface area contributed by atoms with Gasteiger partial charge in [0.15, 0.2) is 0 Å². The molecule has 1 unspecified atom stereocenters. The van der Waals surface area contributed by atoms with Gasteiger partial charge in [0.25, 0.3) is 5.91 Å². The lowest BCUT2D eigenvalue weighted by atomic mass is 10.1. The van der Waals surface area contributed by atoms with E-state index in [4.69, 9.17) is 4.74 Å². The molecule has 0 aliphatic carbocycles. The second kappa shape index (κ2) is 7.24. The van der Waals surface area contributed by atoms with Crippen molar-refractivity contribution in [1.29, 1.82) is 0 Å². The highest BCUT2D eigenvalue weighted by Crippen LogP contribution is 2.20. The second-order valence-corrected chi connectivity index (χ2v) is 5.57. The van der Waals surface area contributed by atoms with Crippen LogP contribution in [0.15, 0.2) is 48.5 Å². The van der Waals surface area contributed by atoms with Crippen LogP contribution in [0.2, 0.25) is 0 Å². The van der Waals surface area contributed by atoms with Crippen molar-refractivity contribution < 1.29 is 13.9 Å². The van der Waals surface area contributed by atoms with E-state index in [9.17, 15) is 9.18 Å². The fraction of sp³-hybridized carbons (Fsp3) is 0.278. The van der Waals surface area contributed by atoms with E-state index >= 15 is 0 Å². The summed E-state index contributed by atoms with van der Waals surface area (Å²) in [6, 6.07) is 13.4. The van der Waals surface area contributed by atoms with Gasteiger partial charge < -0.3 is 15.4 Å². The highest BCUT2D eigenvalue weighted by Gasteiger charge is 2.19. The van der Waals surface area contributed by atoms with Crippen LogP contribution in [-0.2, 0) is 6.61 Å². The third-order valence-electron chi connectivity index (χ3n) is 3.83. The fourth-order valence-corrected chi connectivity index (χ4v) is 2.56. The van der Waals surface area contributed by atoms with Crippen LogP contribution in [0.5, 0.6) is 5.75 Å². The Kier molecular flexibility index (Phi) is 4.88. The van der Waals surface area contributed by atoms with E-state index in [0.29, 0.717) is 11.3 Å². The molecule has 5 heteroatoms. The summed E-state index contributed by atoms with van der Waals surface area (Å²) in [4.78, 5) is 12.4. The van der Waals surface area contributed by atoms with Crippen molar-refractivity contribution in [3.05, 3.63) is 65.5 Å². The molecule has 2 N–H and O–H groups in total. The van der Waals surface area contributed by atoms with E-state index in [2.05, 4.69) is 10.6 Å². The maximum Gasteiger partial charge on any atom is 0.255 e. The molecule has 0 radical (unpaired) electrons. The number of halogens is 1. The molecule has 1 saturated heterocycles. The molecular weight excluding hydrogens is 295 g/mol. The summed E-state index contributed by atoms with van der Waals surface area (Å²) in [6.45, 7) is 2.01. The predicted octanol–water partition coefficient (Wildman–Crippen LogP) is 2.50. The molecule has 2 aromatic carbocycles. The molecule has 4 nitrogen and oxygen atoms in total. The van der Waals surface area contributed by atoms with Gasteiger partial charge in [0.2, 0.25) is 0 Å². The summed E-state index contributed by atoms with van der Waals surface area (Å²) in [5, 5.41) is 6.23. The number of hydrogen-bond acceptors (Lipinski definition) is 3. The predicted molar refractivity (Wildman–Crippen MR) is 85.9 cm³/mol. The summed E-state index contributed by atoms with van der Waals surface area (Å²) >= 11 is 0. The van der Waals surface area contributed by atoms with Crippen LogP contribution in [0.4, 0.5) is 4.39 Å². The first-order valence-electron chi connectivity index (χ1n) is 7.70. The zero-order valence-corrected chi connectivity index (χ0v) is 12.7. The van der Waals surface area contributed by atoms with Gasteiger partial charge in [-0.05, 0) is 42.8 Å². The van der Waals surface area contributed by atoms with Gasteiger partial charge in [-0.1, -0.05) is 24.3 Å². The average molecular weight is 314 g/mol. The normalized spacial score (nSPS) is 17.0. The number of rotatable bonds is 5. The van der Waals surface area contributed by atoms with Crippen LogP contribution >= 0.6 is 0 Å². The molecule has 1 aliphatic rings. The zero-order valence-electron chi connectivity index (χ0n) is 12.7. The summed E-state index contributed by atoms with van der Waals surface area (Å²) in [7, 11) is 0. The van der Waals surface area contributed by atoms with Gasteiger partial charge in [0, 0.05) is 12.6 Å². The van der Waals surface area contributed by atoms with Crippen LogP contribution in [-0.4, -0.2) is 25.0 Å². The molecule has 1 aliphatic heterocycles.